The van der Waals surface area contributed by atoms with Gasteiger partial charge in [0.05, 0.1) is 12.8 Å². The largest absolute Gasteiger partial charge is 0.490 e. The first kappa shape index (κ1) is 19.6. The van der Waals surface area contributed by atoms with Crippen molar-refractivity contribution in [2.45, 2.75) is 26.1 Å². The van der Waals surface area contributed by atoms with Crippen LogP contribution in [0, 0.1) is 0 Å². The summed E-state index contributed by atoms with van der Waals surface area (Å²) in [6, 6.07) is 4.18. The minimum Gasteiger partial charge on any atom is -0.490 e. The molecule has 142 valence electrons. The van der Waals surface area contributed by atoms with Gasteiger partial charge in [0, 0.05) is 30.9 Å². The number of alkyl halides is 2. The highest BCUT2D eigenvalue weighted by atomic mass is 19.3. The summed E-state index contributed by atoms with van der Waals surface area (Å²) in [5, 5.41) is 9.67. The number of rotatable bonds is 9. The van der Waals surface area contributed by atoms with E-state index in [9.17, 15) is 13.6 Å². The quantitative estimate of drug-likeness (QED) is 0.708. The van der Waals surface area contributed by atoms with E-state index in [1.807, 2.05) is 0 Å². The van der Waals surface area contributed by atoms with Crippen LogP contribution in [0.4, 0.5) is 8.78 Å². The Labute approximate surface area is 150 Å². The van der Waals surface area contributed by atoms with Crippen molar-refractivity contribution in [2.75, 3.05) is 13.7 Å². The molecule has 0 spiro atoms. The lowest BCUT2D eigenvalue weighted by molar-refractivity contribution is -0.123. The first-order chi connectivity index (χ1) is 12.5. The third kappa shape index (κ3) is 4.92. The maximum Gasteiger partial charge on any atom is 0.387 e. The van der Waals surface area contributed by atoms with Crippen LogP contribution < -0.4 is 20.1 Å². The van der Waals surface area contributed by atoms with E-state index in [0.717, 1.165) is 0 Å². The van der Waals surface area contributed by atoms with Crippen LogP contribution in [0.25, 0.3) is 0 Å². The second kappa shape index (κ2) is 9.14. The summed E-state index contributed by atoms with van der Waals surface area (Å²) in [5.41, 5.74) is 1.09. The van der Waals surface area contributed by atoms with Gasteiger partial charge in [-0.2, -0.15) is 13.9 Å². The van der Waals surface area contributed by atoms with Crippen molar-refractivity contribution in [3.63, 3.8) is 0 Å². The fourth-order valence-electron chi connectivity index (χ4n) is 2.52. The Balaban J connectivity index is 2.14. The number of nitrogens with one attached hydrogen (secondary N) is 2. The molecule has 1 aromatic carbocycles. The number of aromatic nitrogens is 2. The second-order valence-corrected chi connectivity index (χ2v) is 5.44. The summed E-state index contributed by atoms with van der Waals surface area (Å²) >= 11 is 0. The minimum absolute atomic E-state index is 0.0141. The minimum atomic E-state index is -2.99. The molecule has 1 atom stereocenters. The van der Waals surface area contributed by atoms with Crippen LogP contribution in [0.1, 0.15) is 24.1 Å². The molecule has 0 radical (unpaired) electrons. The number of hydrogen-bond donors (Lipinski definition) is 2. The maximum absolute atomic E-state index is 12.7. The van der Waals surface area contributed by atoms with Crippen LogP contribution in [0.3, 0.4) is 0 Å². The SMILES string of the molecule is CCOc1cccc(CNC(=O)C(NC)c2cnn(C)c2)c1OC(F)F. The molecule has 1 heterocycles. The summed E-state index contributed by atoms with van der Waals surface area (Å²) in [6.07, 6.45) is 3.31. The zero-order valence-electron chi connectivity index (χ0n) is 14.8. The van der Waals surface area contributed by atoms with Crippen molar-refractivity contribution < 1.29 is 23.0 Å². The molecule has 7 nitrogen and oxygen atoms in total. The van der Waals surface area contributed by atoms with Gasteiger partial charge in [-0.05, 0) is 20.0 Å². The van der Waals surface area contributed by atoms with Crippen LogP contribution in [-0.2, 0) is 18.4 Å². The van der Waals surface area contributed by atoms with E-state index in [2.05, 4.69) is 20.5 Å². The monoisotopic (exact) mass is 368 g/mol. The third-order valence-electron chi connectivity index (χ3n) is 3.63. The van der Waals surface area contributed by atoms with Gasteiger partial charge in [0.1, 0.15) is 6.04 Å². The number of benzene rings is 1. The van der Waals surface area contributed by atoms with Gasteiger partial charge >= 0.3 is 6.61 Å². The van der Waals surface area contributed by atoms with Crippen LogP contribution in [-0.4, -0.2) is 36.0 Å². The first-order valence-corrected chi connectivity index (χ1v) is 8.09. The highest BCUT2D eigenvalue weighted by Crippen LogP contribution is 2.32. The number of amides is 1. The predicted octanol–water partition coefficient (Wildman–Crippen LogP) is 2.00. The van der Waals surface area contributed by atoms with E-state index >= 15 is 0 Å². The number of carbonyl (C=O) groups excluding carboxylic acids is 1. The second-order valence-electron chi connectivity index (χ2n) is 5.44. The van der Waals surface area contributed by atoms with E-state index in [1.165, 1.54) is 0 Å². The lowest BCUT2D eigenvalue weighted by atomic mass is 10.1. The van der Waals surface area contributed by atoms with E-state index in [0.29, 0.717) is 17.7 Å². The van der Waals surface area contributed by atoms with E-state index < -0.39 is 12.7 Å². The average molecular weight is 368 g/mol. The van der Waals surface area contributed by atoms with Crippen LogP contribution in [0.2, 0.25) is 0 Å². The van der Waals surface area contributed by atoms with Gasteiger partial charge in [0.15, 0.2) is 11.5 Å². The van der Waals surface area contributed by atoms with Crippen molar-refractivity contribution >= 4 is 5.91 Å². The number of aryl methyl sites for hydroxylation is 1. The maximum atomic E-state index is 12.7. The zero-order valence-corrected chi connectivity index (χ0v) is 14.8. The molecule has 2 aromatic rings. The van der Waals surface area contributed by atoms with E-state index in [4.69, 9.17) is 4.74 Å². The number of para-hydroxylation sites is 1. The van der Waals surface area contributed by atoms with Crippen LogP contribution in [0.15, 0.2) is 30.6 Å². The number of hydrogen-bond acceptors (Lipinski definition) is 5. The summed E-state index contributed by atoms with van der Waals surface area (Å²) in [5.74, 6) is -0.186. The van der Waals surface area contributed by atoms with Crippen molar-refractivity contribution in [2.24, 2.45) is 7.05 Å². The Morgan fingerprint density at radius 2 is 2.15 bits per heavy atom. The highest BCUT2D eigenvalue weighted by molar-refractivity contribution is 5.83. The third-order valence-corrected chi connectivity index (χ3v) is 3.63. The van der Waals surface area contributed by atoms with Gasteiger partial charge < -0.3 is 20.1 Å². The Hall–Kier alpha value is -2.68. The van der Waals surface area contributed by atoms with Gasteiger partial charge in [0.25, 0.3) is 0 Å². The molecule has 0 saturated carbocycles. The molecule has 2 rings (SSSR count). The Kier molecular flexibility index (Phi) is 6.90. The summed E-state index contributed by atoms with van der Waals surface area (Å²) in [7, 11) is 3.40. The molecule has 9 heteroatoms. The van der Waals surface area contributed by atoms with Crippen LogP contribution in [0.5, 0.6) is 11.5 Å². The Morgan fingerprint density at radius 3 is 2.73 bits per heavy atom. The lowest BCUT2D eigenvalue weighted by Gasteiger charge is -2.18. The molecule has 0 aliphatic carbocycles. The average Bonchev–Trinajstić information content (AvgIpc) is 3.01. The topological polar surface area (TPSA) is 77.4 Å². The molecule has 2 N–H and O–H groups in total. The Morgan fingerprint density at radius 1 is 1.38 bits per heavy atom. The standard InChI is InChI=1S/C17H22F2N4O3/c1-4-25-13-7-5-6-11(15(13)26-17(18)19)8-21-16(24)14(20-2)12-9-22-23(3)10-12/h5-7,9-10,14,17,20H,4,8H2,1-3H3,(H,21,24). The van der Waals surface area contributed by atoms with Crippen molar-refractivity contribution in [1.82, 2.24) is 20.4 Å². The van der Waals surface area contributed by atoms with Crippen molar-refractivity contribution in [3.8, 4) is 11.5 Å². The Bertz CT molecular complexity index is 737. The summed E-state index contributed by atoms with van der Waals surface area (Å²) in [6.45, 7) is -0.934. The molecule has 26 heavy (non-hydrogen) atoms. The highest BCUT2D eigenvalue weighted by Gasteiger charge is 2.21. The molecule has 1 aromatic heterocycles. The molecule has 0 aliphatic rings. The smallest absolute Gasteiger partial charge is 0.387 e. The van der Waals surface area contributed by atoms with Crippen molar-refractivity contribution in [3.05, 3.63) is 41.7 Å². The van der Waals surface area contributed by atoms with Crippen LogP contribution >= 0.6 is 0 Å². The molecular weight excluding hydrogens is 346 g/mol. The fraction of sp³-hybridized carbons (Fsp3) is 0.412. The number of nitrogens with zero attached hydrogens (tertiary/aromatic N) is 2. The van der Waals surface area contributed by atoms with Gasteiger partial charge in [-0.1, -0.05) is 12.1 Å². The molecule has 0 aliphatic heterocycles. The molecule has 0 saturated heterocycles. The fourth-order valence-corrected chi connectivity index (χ4v) is 2.52. The predicted molar refractivity (Wildman–Crippen MR) is 91.1 cm³/mol. The van der Waals surface area contributed by atoms with Gasteiger partial charge in [0.2, 0.25) is 5.91 Å². The molecule has 0 bridgehead atoms. The number of ether oxygens (including phenoxy) is 2. The normalized spacial score (nSPS) is 12.1. The molecular formula is C17H22F2N4O3. The number of carbonyl (C=O) groups is 1. The lowest BCUT2D eigenvalue weighted by Crippen LogP contribution is -2.35. The van der Waals surface area contributed by atoms with E-state index in [-0.39, 0.29) is 24.0 Å². The zero-order chi connectivity index (χ0) is 19.1. The van der Waals surface area contributed by atoms with Gasteiger partial charge in [-0.3, -0.25) is 9.48 Å². The number of likely N-dealkylation sites (N-methyl/N-ethyl adjacent to an activating group) is 1. The molecule has 1 unspecified atom stereocenters. The first-order valence-electron chi connectivity index (χ1n) is 8.09. The molecule has 1 amide bonds. The van der Waals surface area contributed by atoms with Gasteiger partial charge in [-0.15, -0.1) is 0 Å². The number of halogens is 2. The summed E-state index contributed by atoms with van der Waals surface area (Å²) in [4.78, 5) is 12.5. The van der Waals surface area contributed by atoms with Gasteiger partial charge in [-0.25, -0.2) is 0 Å². The van der Waals surface area contributed by atoms with E-state index in [1.54, 1.807) is 56.3 Å². The molecule has 0 fully saturated rings. The summed E-state index contributed by atoms with van der Waals surface area (Å²) < 4.78 is 37.0. The van der Waals surface area contributed by atoms with Crippen molar-refractivity contribution in [1.29, 1.82) is 0 Å².